The Morgan fingerprint density at radius 3 is 1.32 bits per heavy atom. The smallest absolute Gasteiger partial charge is 0.306 e. The number of rotatable bonds is 12. The van der Waals surface area contributed by atoms with Crippen LogP contribution in [0.5, 0.6) is 0 Å². The van der Waals surface area contributed by atoms with Crippen molar-refractivity contribution in [2.75, 3.05) is 13.2 Å². The van der Waals surface area contributed by atoms with Gasteiger partial charge in [-0.15, -0.1) is 0 Å². The van der Waals surface area contributed by atoms with Crippen molar-refractivity contribution < 1.29 is 28.7 Å². The van der Waals surface area contributed by atoms with Crippen molar-refractivity contribution in [2.24, 2.45) is 0 Å². The first-order valence-corrected chi connectivity index (χ1v) is 13.2. The summed E-state index contributed by atoms with van der Waals surface area (Å²) in [6.45, 7) is 7.57. The number of ether oxygens (including phenoxy) is 2. The van der Waals surface area contributed by atoms with Gasteiger partial charge in [0.25, 0.3) is 11.1 Å². The second-order valence-electron chi connectivity index (χ2n) is 9.09. The number of esters is 2. The van der Waals surface area contributed by atoms with Crippen LogP contribution in [-0.2, 0) is 44.7 Å². The van der Waals surface area contributed by atoms with Crippen molar-refractivity contribution in [3.63, 3.8) is 0 Å². The topological polar surface area (TPSA) is 152 Å². The van der Waals surface area contributed by atoms with Crippen LogP contribution < -0.4 is 11.1 Å². The van der Waals surface area contributed by atoms with E-state index >= 15 is 0 Å². The second kappa shape index (κ2) is 12.6. The highest BCUT2D eigenvalue weighted by molar-refractivity contribution is 6.28. The molecule has 0 radical (unpaired) electrons. The number of aromatic nitrogens is 2. The number of ketones is 2. The van der Waals surface area contributed by atoms with Gasteiger partial charge in [0.1, 0.15) is 11.4 Å². The normalized spacial score (nSPS) is 12.2. The van der Waals surface area contributed by atoms with E-state index in [2.05, 4.69) is 9.97 Å². The summed E-state index contributed by atoms with van der Waals surface area (Å²) in [6, 6.07) is 0. The summed E-state index contributed by atoms with van der Waals surface area (Å²) in [5.74, 6) is -2.04. The van der Waals surface area contributed by atoms with E-state index < -0.39 is 34.6 Å². The minimum atomic E-state index is -0.646. The Morgan fingerprint density at radius 2 is 0.974 bits per heavy atom. The van der Waals surface area contributed by atoms with Crippen LogP contribution in [0.15, 0.2) is 9.59 Å². The summed E-state index contributed by atoms with van der Waals surface area (Å²) in [6.07, 6.45) is 1.91. The Bertz CT molecular complexity index is 1280. The molecule has 10 nitrogen and oxygen atoms in total. The second-order valence-corrected chi connectivity index (χ2v) is 9.09. The highest BCUT2D eigenvalue weighted by atomic mass is 16.5. The number of nitrogens with one attached hydrogen (secondary N) is 2. The Morgan fingerprint density at radius 1 is 0.579 bits per heavy atom. The Balaban J connectivity index is 2.20. The minimum Gasteiger partial charge on any atom is -0.466 e. The maximum absolute atomic E-state index is 14.1. The van der Waals surface area contributed by atoms with Gasteiger partial charge in [-0.05, 0) is 50.7 Å². The quantitative estimate of drug-likeness (QED) is 0.342. The summed E-state index contributed by atoms with van der Waals surface area (Å²) >= 11 is 0. The van der Waals surface area contributed by atoms with Gasteiger partial charge in [0.15, 0.2) is 5.78 Å². The first-order chi connectivity index (χ1) is 18.2. The Hall–Kier alpha value is -3.82. The molecule has 0 bridgehead atoms. The zero-order valence-electron chi connectivity index (χ0n) is 22.3. The van der Waals surface area contributed by atoms with Crippen molar-refractivity contribution in [1.82, 2.24) is 9.97 Å². The highest BCUT2D eigenvalue weighted by Gasteiger charge is 2.38. The van der Waals surface area contributed by atoms with E-state index in [1.54, 1.807) is 13.8 Å². The largest absolute Gasteiger partial charge is 0.466 e. The van der Waals surface area contributed by atoms with Gasteiger partial charge in [-0.1, -0.05) is 26.7 Å². The molecular formula is C28H34N2O8. The molecule has 0 saturated carbocycles. The lowest BCUT2D eigenvalue weighted by atomic mass is 9.80. The number of aromatic amines is 2. The lowest BCUT2D eigenvalue weighted by Gasteiger charge is -2.24. The van der Waals surface area contributed by atoms with E-state index in [0.717, 1.165) is 0 Å². The molecule has 38 heavy (non-hydrogen) atoms. The molecule has 0 atom stereocenters. The number of H-pyrrole nitrogens is 2. The summed E-state index contributed by atoms with van der Waals surface area (Å²) < 4.78 is 9.97. The highest BCUT2D eigenvalue weighted by Crippen LogP contribution is 2.32. The fourth-order valence-electron chi connectivity index (χ4n) is 4.97. The van der Waals surface area contributed by atoms with Crippen LogP contribution in [0, 0.1) is 0 Å². The summed E-state index contributed by atoms with van der Waals surface area (Å²) in [4.78, 5) is 82.7. The van der Waals surface area contributed by atoms with Gasteiger partial charge in [-0.2, -0.15) is 0 Å². The number of carbonyl (C=O) groups excluding carboxylic acids is 4. The Labute approximate surface area is 220 Å². The zero-order valence-corrected chi connectivity index (χ0v) is 22.3. The van der Waals surface area contributed by atoms with Gasteiger partial charge in [0.2, 0.25) is 5.78 Å². The molecule has 0 aliphatic heterocycles. The average molecular weight is 527 g/mol. The number of fused-ring (bicyclic) bond motifs is 2. The molecule has 0 aromatic carbocycles. The molecule has 1 aliphatic rings. The maximum atomic E-state index is 14.1. The van der Waals surface area contributed by atoms with Crippen LogP contribution in [0.1, 0.15) is 108 Å². The zero-order chi connectivity index (χ0) is 28.0. The SMILES string of the molecule is CCCc1c2c([nH]c(=O)c1CCC(=O)OCC)C(=O)c1[nH]c(=O)c(CCC(=O)OCC)c(CCC)c1C2=O. The lowest BCUT2D eigenvalue weighted by Crippen LogP contribution is -2.35. The van der Waals surface area contributed by atoms with Gasteiger partial charge in [-0.25, -0.2) is 0 Å². The van der Waals surface area contributed by atoms with E-state index in [1.807, 2.05) is 13.8 Å². The molecule has 0 amide bonds. The van der Waals surface area contributed by atoms with Gasteiger partial charge in [-0.3, -0.25) is 28.8 Å². The molecule has 0 fully saturated rings. The van der Waals surface area contributed by atoms with Crippen molar-refractivity contribution in [1.29, 1.82) is 0 Å². The first-order valence-electron chi connectivity index (χ1n) is 13.2. The molecule has 204 valence electrons. The third-order valence-corrected chi connectivity index (χ3v) is 6.53. The Kier molecular flexibility index (Phi) is 9.55. The molecule has 2 aromatic rings. The number of hydrogen-bond donors (Lipinski definition) is 2. The fraction of sp³-hybridized carbons (Fsp3) is 0.500. The lowest BCUT2D eigenvalue weighted by molar-refractivity contribution is -0.144. The molecule has 0 spiro atoms. The number of pyridine rings is 2. The number of hydrogen-bond acceptors (Lipinski definition) is 8. The summed E-state index contributed by atoms with van der Waals surface area (Å²) in [7, 11) is 0. The number of carbonyl (C=O) groups is 4. The molecule has 3 rings (SSSR count). The van der Waals surface area contributed by atoms with E-state index in [4.69, 9.17) is 9.47 Å². The standard InChI is InChI=1S/C28H34N2O8/c1-5-9-15-17(11-13-19(31)37-7-3)27(35)29-23-21(15)25(33)22-16(10-6-2)18(12-14-20(32)38-8-4)28(36)30-24(22)26(23)34/h5-14H2,1-4H3,(H,29,35)(H,30,36). The molecule has 2 aromatic heterocycles. The molecule has 10 heteroatoms. The van der Waals surface area contributed by atoms with E-state index in [0.29, 0.717) is 36.8 Å². The molecule has 0 unspecified atom stereocenters. The van der Waals surface area contributed by atoms with Crippen LogP contribution >= 0.6 is 0 Å². The predicted molar refractivity (Wildman–Crippen MR) is 139 cm³/mol. The summed E-state index contributed by atoms with van der Waals surface area (Å²) in [5, 5.41) is 0. The minimum absolute atomic E-state index is 0.0441. The van der Waals surface area contributed by atoms with E-state index in [1.165, 1.54) is 0 Å². The van der Waals surface area contributed by atoms with Crippen molar-refractivity contribution in [2.45, 2.75) is 79.1 Å². The third-order valence-electron chi connectivity index (χ3n) is 6.53. The molecule has 1 aliphatic carbocycles. The molecule has 2 heterocycles. The van der Waals surface area contributed by atoms with Crippen molar-refractivity contribution in [3.05, 3.63) is 65.5 Å². The van der Waals surface area contributed by atoms with E-state index in [-0.39, 0.29) is 72.5 Å². The fourth-order valence-corrected chi connectivity index (χ4v) is 4.97. The third kappa shape index (κ3) is 5.69. The van der Waals surface area contributed by atoms with Crippen molar-refractivity contribution >= 4 is 23.5 Å². The maximum Gasteiger partial charge on any atom is 0.306 e. The van der Waals surface area contributed by atoms with Gasteiger partial charge < -0.3 is 19.4 Å². The average Bonchev–Trinajstić information content (AvgIpc) is 2.86. The summed E-state index contributed by atoms with van der Waals surface area (Å²) in [5.41, 5.74) is 0.183. The predicted octanol–water partition coefficient (Wildman–Crippen LogP) is 2.74. The molecule has 0 saturated heterocycles. The van der Waals surface area contributed by atoms with Crippen LogP contribution in [0.4, 0.5) is 0 Å². The van der Waals surface area contributed by atoms with E-state index in [9.17, 15) is 28.8 Å². The van der Waals surface area contributed by atoms with Crippen LogP contribution in [0.3, 0.4) is 0 Å². The molecular weight excluding hydrogens is 492 g/mol. The van der Waals surface area contributed by atoms with Gasteiger partial charge >= 0.3 is 11.9 Å². The van der Waals surface area contributed by atoms with Gasteiger partial charge in [0, 0.05) is 24.0 Å². The van der Waals surface area contributed by atoms with Crippen LogP contribution in [-0.4, -0.2) is 46.7 Å². The van der Waals surface area contributed by atoms with Crippen LogP contribution in [0.2, 0.25) is 0 Å². The van der Waals surface area contributed by atoms with Crippen LogP contribution in [0.25, 0.3) is 0 Å². The monoisotopic (exact) mass is 526 g/mol. The van der Waals surface area contributed by atoms with Gasteiger partial charge in [0.05, 0.1) is 24.3 Å². The van der Waals surface area contributed by atoms with Crippen molar-refractivity contribution in [3.8, 4) is 0 Å². The molecule has 2 N–H and O–H groups in total. The first kappa shape index (κ1) is 28.7.